The smallest absolute Gasteiger partial charge is 0.332 e. The Morgan fingerprint density at radius 3 is 2.02 bits per heavy atom. The number of aromatic nitrogens is 4. The van der Waals surface area contributed by atoms with Gasteiger partial charge in [0.25, 0.3) is 11.6 Å². The lowest BCUT2D eigenvalue weighted by Crippen LogP contribution is -2.33. The summed E-state index contributed by atoms with van der Waals surface area (Å²) in [6.45, 7) is 0.270. The molecule has 0 saturated carbocycles. The highest BCUT2D eigenvalue weighted by Crippen LogP contribution is 2.30. The topological polar surface area (TPSA) is 211 Å². The van der Waals surface area contributed by atoms with Crippen molar-refractivity contribution in [3.05, 3.63) is 88.7 Å². The fraction of sp³-hybridized carbons (Fsp3) is 0.172. The summed E-state index contributed by atoms with van der Waals surface area (Å²) in [5.41, 5.74) is 6.46. The monoisotopic (exact) mass is 731 g/mol. The van der Waals surface area contributed by atoms with Crippen LogP contribution in [0.1, 0.15) is 16.2 Å². The largest absolute Gasteiger partial charge is 0.388 e. The number of non-ortho nitro benzene ring substituents is 1. The first-order valence-corrected chi connectivity index (χ1v) is 14.7. The third-order valence-corrected chi connectivity index (χ3v) is 8.17. The van der Waals surface area contributed by atoms with Crippen LogP contribution in [0.2, 0.25) is 0 Å². The maximum atomic E-state index is 13.2. The number of anilines is 3. The molecular weight excluding hydrogens is 701 g/mol. The molecule has 1 aromatic carbocycles. The van der Waals surface area contributed by atoms with Crippen LogP contribution in [-0.2, 0) is 0 Å². The molecule has 0 aliphatic heterocycles. The van der Waals surface area contributed by atoms with Crippen molar-refractivity contribution in [2.45, 2.75) is 6.42 Å². The maximum Gasteiger partial charge on any atom is 0.332 e. The second-order valence-corrected chi connectivity index (χ2v) is 11.4. The van der Waals surface area contributed by atoms with Crippen LogP contribution in [0.5, 0.6) is 0 Å². The number of amides is 4. The van der Waals surface area contributed by atoms with Gasteiger partial charge < -0.3 is 16.0 Å². The second-order valence-electron chi connectivity index (χ2n) is 10.4. The average Bonchev–Trinajstić information content (AvgIpc) is 3.87. The number of carbonyl (C=O) groups is 4. The number of hydrogen-bond acceptors (Lipinski definition) is 9. The van der Waals surface area contributed by atoms with Gasteiger partial charge in [-0.1, -0.05) is 6.07 Å². The van der Waals surface area contributed by atoms with Crippen molar-refractivity contribution in [3.63, 3.8) is 0 Å². The Morgan fingerprint density at radius 2 is 1.45 bits per heavy atom. The summed E-state index contributed by atoms with van der Waals surface area (Å²) in [6.07, 6.45) is 9.12. The fourth-order valence-corrected chi connectivity index (χ4v) is 5.39. The number of amidine groups is 1. The van der Waals surface area contributed by atoms with Gasteiger partial charge in [0, 0.05) is 77.4 Å². The summed E-state index contributed by atoms with van der Waals surface area (Å²) in [5.74, 6) is -0.610. The third-order valence-electron chi connectivity index (χ3n) is 7.15. The van der Waals surface area contributed by atoms with Crippen molar-refractivity contribution >= 4 is 99.0 Å². The molecule has 0 spiro atoms. The molecule has 0 fully saturated rings. The normalized spacial score (nSPS) is 10.4. The van der Waals surface area contributed by atoms with E-state index in [1.54, 1.807) is 32.3 Å². The Labute approximate surface area is 295 Å². The van der Waals surface area contributed by atoms with Crippen LogP contribution in [0.4, 0.5) is 37.1 Å². The summed E-state index contributed by atoms with van der Waals surface area (Å²) in [6, 6.07) is 7.91. The van der Waals surface area contributed by atoms with Gasteiger partial charge in [-0.25, -0.2) is 19.4 Å². The van der Waals surface area contributed by atoms with E-state index in [4.69, 9.17) is 11.1 Å². The van der Waals surface area contributed by atoms with Gasteiger partial charge >= 0.3 is 18.1 Å². The summed E-state index contributed by atoms with van der Waals surface area (Å²) in [5, 5.41) is 21.3. The Kier molecular flexibility index (Phi) is 11.9. The summed E-state index contributed by atoms with van der Waals surface area (Å²) in [7, 11) is 4.66. The van der Waals surface area contributed by atoms with Gasteiger partial charge in [-0.3, -0.25) is 43.8 Å². The van der Waals surface area contributed by atoms with Crippen LogP contribution in [-0.4, -0.2) is 86.0 Å². The van der Waals surface area contributed by atoms with Gasteiger partial charge in [-0.15, -0.1) is 36.2 Å². The van der Waals surface area contributed by atoms with E-state index < -0.39 is 22.9 Å². The number of fused-ring (bicyclic) bond motifs is 1. The quantitative estimate of drug-likeness (QED) is 0.0840. The van der Waals surface area contributed by atoms with Crippen molar-refractivity contribution < 1.29 is 24.1 Å². The SMILES string of the molecule is CN(CCC(=N)N)C(=O)n1ccc(N(C)C(=O)n2ccc(N(C)C(=O)n3ccc(NC(=O)c4nc5c([N+](=O)[O-])cccc5s4)c3)c2)c1.Cl.Cl. The standard InChI is InChI=1S/C29H29N11O6S.2ClH/c1-34(11-10-23(30)31)27(42)38-13-8-19(16-38)36(3)29(44)39-14-9-20(17-39)35(2)28(43)37-12-7-18(15-37)32-25(41)26-33-24-21(40(45)46)5-4-6-22(24)47-26;;/h4-9,12-17H,10-11H2,1-3H3,(H3,30,31)(H,32,41);2*1H. The number of rotatable bonds is 8. The Morgan fingerprint density at radius 1 is 0.898 bits per heavy atom. The van der Waals surface area contributed by atoms with Crippen molar-refractivity contribution in [2.75, 3.05) is 42.8 Å². The van der Waals surface area contributed by atoms with E-state index in [0.717, 1.165) is 11.3 Å². The van der Waals surface area contributed by atoms with E-state index in [0.29, 0.717) is 21.8 Å². The van der Waals surface area contributed by atoms with Crippen LogP contribution in [0.15, 0.2) is 73.6 Å². The van der Waals surface area contributed by atoms with Crippen LogP contribution in [0.25, 0.3) is 10.2 Å². The maximum absolute atomic E-state index is 13.2. The molecule has 4 heterocycles. The molecule has 0 aliphatic rings. The van der Waals surface area contributed by atoms with Crippen molar-refractivity contribution in [2.24, 2.45) is 5.73 Å². The van der Waals surface area contributed by atoms with Crippen LogP contribution in [0, 0.1) is 15.5 Å². The second kappa shape index (κ2) is 15.5. The molecule has 0 saturated heterocycles. The van der Waals surface area contributed by atoms with Gasteiger partial charge in [0.2, 0.25) is 0 Å². The van der Waals surface area contributed by atoms with Crippen LogP contribution < -0.4 is 20.9 Å². The Bertz CT molecular complexity index is 2050. The fourth-order valence-electron chi connectivity index (χ4n) is 4.51. The first-order chi connectivity index (χ1) is 22.3. The minimum Gasteiger partial charge on any atom is -0.388 e. The van der Waals surface area contributed by atoms with Gasteiger partial charge in [0.1, 0.15) is 0 Å². The van der Waals surface area contributed by atoms with E-state index in [1.165, 1.54) is 90.8 Å². The lowest BCUT2D eigenvalue weighted by atomic mass is 10.3. The molecule has 4 amide bonds. The number of nitro benzene ring substituents is 1. The molecule has 5 rings (SSSR count). The van der Waals surface area contributed by atoms with Gasteiger partial charge in [-0.2, -0.15) is 0 Å². The van der Waals surface area contributed by atoms with Gasteiger partial charge in [0.05, 0.1) is 32.5 Å². The lowest BCUT2D eigenvalue weighted by Gasteiger charge is -2.18. The summed E-state index contributed by atoms with van der Waals surface area (Å²) in [4.78, 5) is 70.9. The zero-order valence-corrected chi connectivity index (χ0v) is 28.6. The molecule has 0 radical (unpaired) electrons. The number of nitrogens with one attached hydrogen (secondary N) is 2. The molecule has 258 valence electrons. The van der Waals surface area contributed by atoms with E-state index in [-0.39, 0.29) is 65.9 Å². The highest BCUT2D eigenvalue weighted by Gasteiger charge is 2.22. The van der Waals surface area contributed by atoms with E-state index in [9.17, 15) is 29.3 Å². The minimum atomic E-state index is -0.585. The summed E-state index contributed by atoms with van der Waals surface area (Å²) < 4.78 is 4.36. The highest BCUT2D eigenvalue weighted by atomic mass is 35.5. The first kappa shape index (κ1) is 37.7. The first-order valence-electron chi connectivity index (χ1n) is 13.9. The van der Waals surface area contributed by atoms with Crippen molar-refractivity contribution in [1.29, 1.82) is 5.41 Å². The Hall–Kier alpha value is -5.72. The van der Waals surface area contributed by atoms with Gasteiger partial charge in [-0.05, 0) is 24.3 Å². The molecule has 49 heavy (non-hydrogen) atoms. The van der Waals surface area contributed by atoms with Crippen LogP contribution in [0.3, 0.4) is 0 Å². The Balaban J connectivity index is 0.00000325. The number of thiazole rings is 1. The lowest BCUT2D eigenvalue weighted by molar-refractivity contribution is -0.383. The number of benzene rings is 1. The zero-order valence-electron chi connectivity index (χ0n) is 26.2. The highest BCUT2D eigenvalue weighted by molar-refractivity contribution is 7.20. The molecule has 4 aromatic heterocycles. The number of carbonyl (C=O) groups excluding carboxylic acids is 4. The molecule has 0 atom stereocenters. The molecule has 0 unspecified atom stereocenters. The molecule has 0 aliphatic carbocycles. The van der Waals surface area contributed by atoms with E-state index in [1.807, 2.05) is 0 Å². The number of nitrogens with two attached hydrogens (primary N) is 1. The van der Waals surface area contributed by atoms with Gasteiger partial charge in [0.15, 0.2) is 10.5 Å². The number of para-hydroxylation sites is 1. The number of nitro groups is 1. The van der Waals surface area contributed by atoms with Crippen molar-refractivity contribution in [1.82, 2.24) is 23.6 Å². The predicted octanol–water partition coefficient (Wildman–Crippen LogP) is 5.14. The van der Waals surface area contributed by atoms with Crippen LogP contribution >= 0.6 is 36.2 Å². The number of nitrogens with zero attached hydrogens (tertiary/aromatic N) is 8. The zero-order chi connectivity index (χ0) is 34.0. The van der Waals surface area contributed by atoms with E-state index in [2.05, 4.69) is 10.3 Å². The molecule has 0 bridgehead atoms. The molecule has 17 nitrogen and oxygen atoms in total. The van der Waals surface area contributed by atoms with E-state index >= 15 is 0 Å². The minimum absolute atomic E-state index is 0. The predicted molar refractivity (Wildman–Crippen MR) is 190 cm³/mol. The number of halogens is 2. The summed E-state index contributed by atoms with van der Waals surface area (Å²) >= 11 is 1.01. The molecule has 20 heteroatoms. The van der Waals surface area contributed by atoms with Crippen molar-refractivity contribution in [3.8, 4) is 0 Å². The molecule has 4 N–H and O–H groups in total. The molecule has 5 aromatic rings. The third kappa shape index (κ3) is 8.06. The average molecular weight is 733 g/mol. The molecular formula is C29H31Cl2N11O6S. The number of hydrogen-bond donors (Lipinski definition) is 3.